The highest BCUT2D eigenvalue weighted by Gasteiger charge is 2.33. The number of rotatable bonds is 5. The van der Waals surface area contributed by atoms with Crippen LogP contribution in [0.25, 0.3) is 10.9 Å². The molecule has 2 N–H and O–H groups in total. The van der Waals surface area contributed by atoms with Crippen LogP contribution in [0.2, 0.25) is 0 Å². The van der Waals surface area contributed by atoms with Gasteiger partial charge in [-0.1, -0.05) is 0 Å². The van der Waals surface area contributed by atoms with Crippen molar-refractivity contribution in [1.82, 2.24) is 14.9 Å². The summed E-state index contributed by atoms with van der Waals surface area (Å²) in [7, 11) is 0. The van der Waals surface area contributed by atoms with E-state index in [9.17, 15) is 18.0 Å². The topological polar surface area (TPSA) is 90.6 Å². The first-order valence-corrected chi connectivity index (χ1v) is 12.4. The number of carbonyl (C=O) groups is 1. The number of carbonyl (C=O) groups excluding carboxylic acids is 1. The highest BCUT2D eigenvalue weighted by atomic mass is 19.4. The Morgan fingerprint density at radius 2 is 1.97 bits per heavy atom. The van der Waals surface area contributed by atoms with Crippen molar-refractivity contribution in [3.8, 4) is 0 Å². The van der Waals surface area contributed by atoms with Crippen molar-refractivity contribution in [2.24, 2.45) is 5.92 Å². The SMILES string of the molecule is CC1OCc2c1c(N)nc1ccc(C(=O)N(Cc3ccc(C(F)(F)F)cn3)C(C)C3CCOCC3)cc21. The largest absolute Gasteiger partial charge is 0.417 e. The van der Waals surface area contributed by atoms with Crippen LogP contribution in [-0.2, 0) is 28.8 Å². The summed E-state index contributed by atoms with van der Waals surface area (Å²) < 4.78 is 50.4. The lowest BCUT2D eigenvalue weighted by Gasteiger charge is -2.36. The number of nitrogens with two attached hydrogens (primary N) is 1. The minimum atomic E-state index is -4.47. The van der Waals surface area contributed by atoms with Crippen molar-refractivity contribution in [1.29, 1.82) is 0 Å². The van der Waals surface area contributed by atoms with E-state index in [1.807, 2.05) is 19.9 Å². The Hall–Kier alpha value is -3.24. The summed E-state index contributed by atoms with van der Waals surface area (Å²) in [4.78, 5) is 24.2. The van der Waals surface area contributed by atoms with Gasteiger partial charge in [0.2, 0.25) is 0 Å². The first-order valence-electron chi connectivity index (χ1n) is 12.4. The first kappa shape index (κ1) is 25.4. The van der Waals surface area contributed by atoms with Gasteiger partial charge in [-0.25, -0.2) is 4.98 Å². The molecule has 2 aliphatic rings. The molecule has 5 rings (SSSR count). The summed E-state index contributed by atoms with van der Waals surface area (Å²) >= 11 is 0. The minimum Gasteiger partial charge on any atom is -0.383 e. The Bertz CT molecular complexity index is 1310. The molecule has 10 heteroatoms. The average molecular weight is 515 g/mol. The van der Waals surface area contributed by atoms with Crippen LogP contribution in [-0.4, -0.2) is 40.0 Å². The van der Waals surface area contributed by atoms with Gasteiger partial charge in [0.1, 0.15) is 5.82 Å². The smallest absolute Gasteiger partial charge is 0.383 e. The van der Waals surface area contributed by atoms with Crippen molar-refractivity contribution in [2.45, 2.75) is 58.2 Å². The number of alkyl halides is 3. The normalized spacial score (nSPS) is 19.1. The van der Waals surface area contributed by atoms with Crippen LogP contribution in [0.3, 0.4) is 0 Å². The van der Waals surface area contributed by atoms with E-state index >= 15 is 0 Å². The van der Waals surface area contributed by atoms with E-state index in [2.05, 4.69) is 9.97 Å². The number of pyridine rings is 2. The summed E-state index contributed by atoms with van der Waals surface area (Å²) in [6.07, 6.45) is -2.24. The molecule has 7 nitrogen and oxygen atoms in total. The van der Waals surface area contributed by atoms with Crippen LogP contribution in [0.15, 0.2) is 36.5 Å². The van der Waals surface area contributed by atoms with E-state index in [0.29, 0.717) is 42.4 Å². The van der Waals surface area contributed by atoms with Gasteiger partial charge in [-0.2, -0.15) is 13.2 Å². The highest BCUT2D eigenvalue weighted by Crippen LogP contribution is 2.38. The van der Waals surface area contributed by atoms with Crippen molar-refractivity contribution < 1.29 is 27.4 Å². The van der Waals surface area contributed by atoms with E-state index in [1.165, 1.54) is 6.07 Å². The molecule has 2 atom stereocenters. The molecular formula is C27H29F3N4O3. The Morgan fingerprint density at radius 3 is 2.65 bits per heavy atom. The highest BCUT2D eigenvalue weighted by molar-refractivity contribution is 5.99. The van der Waals surface area contributed by atoms with Gasteiger partial charge < -0.3 is 20.1 Å². The molecule has 1 aromatic carbocycles. The lowest BCUT2D eigenvalue weighted by Crippen LogP contribution is -2.44. The molecule has 0 bridgehead atoms. The van der Waals surface area contributed by atoms with Crippen molar-refractivity contribution >= 4 is 22.6 Å². The second-order valence-electron chi connectivity index (χ2n) is 9.73. The fraction of sp³-hybridized carbons (Fsp3) is 0.444. The number of halogens is 3. The molecule has 3 aromatic rings. The molecule has 196 valence electrons. The number of nitrogens with zero attached hydrogens (tertiary/aromatic N) is 3. The van der Waals surface area contributed by atoms with Gasteiger partial charge in [-0.15, -0.1) is 0 Å². The summed E-state index contributed by atoms with van der Waals surface area (Å²) in [5, 5.41) is 0.811. The number of benzene rings is 1. The van der Waals surface area contributed by atoms with Gasteiger partial charge in [0.25, 0.3) is 5.91 Å². The second-order valence-corrected chi connectivity index (χ2v) is 9.73. The zero-order valence-electron chi connectivity index (χ0n) is 20.7. The van der Waals surface area contributed by atoms with Gasteiger partial charge >= 0.3 is 6.18 Å². The van der Waals surface area contributed by atoms with Gasteiger partial charge in [0.05, 0.1) is 36.0 Å². The molecule has 0 aliphatic carbocycles. The maximum absolute atomic E-state index is 13.9. The number of hydrogen-bond acceptors (Lipinski definition) is 6. The molecule has 0 spiro atoms. The zero-order chi connectivity index (χ0) is 26.3. The molecule has 2 aromatic heterocycles. The van der Waals surface area contributed by atoms with Crippen LogP contribution >= 0.6 is 0 Å². The first-order chi connectivity index (χ1) is 17.6. The monoisotopic (exact) mass is 514 g/mol. The number of aromatic nitrogens is 2. The maximum Gasteiger partial charge on any atom is 0.417 e. The van der Waals surface area contributed by atoms with Crippen LogP contribution in [0, 0.1) is 5.92 Å². The molecule has 1 amide bonds. The third kappa shape index (κ3) is 5.00. The summed E-state index contributed by atoms with van der Waals surface area (Å²) in [5.74, 6) is 0.405. The van der Waals surface area contributed by atoms with Crippen LogP contribution in [0.1, 0.15) is 65.5 Å². The van der Waals surface area contributed by atoms with E-state index in [-0.39, 0.29) is 30.5 Å². The minimum absolute atomic E-state index is 0.0891. The molecular weight excluding hydrogens is 485 g/mol. The van der Waals surface area contributed by atoms with Gasteiger partial charge in [0, 0.05) is 42.0 Å². The predicted molar refractivity (Wildman–Crippen MR) is 131 cm³/mol. The van der Waals surface area contributed by atoms with Gasteiger partial charge in [-0.3, -0.25) is 9.78 Å². The lowest BCUT2D eigenvalue weighted by molar-refractivity contribution is -0.137. The van der Waals surface area contributed by atoms with Crippen LogP contribution in [0.5, 0.6) is 0 Å². The third-order valence-corrected chi connectivity index (χ3v) is 7.48. The molecule has 37 heavy (non-hydrogen) atoms. The molecule has 0 radical (unpaired) electrons. The van der Waals surface area contributed by atoms with Crippen LogP contribution < -0.4 is 5.73 Å². The molecule has 2 aliphatic heterocycles. The van der Waals surface area contributed by atoms with Gasteiger partial charge in [-0.05, 0) is 68.5 Å². The van der Waals surface area contributed by atoms with E-state index in [0.717, 1.165) is 41.6 Å². The average Bonchev–Trinajstić information content (AvgIpc) is 3.29. The summed E-state index contributed by atoms with van der Waals surface area (Å²) in [6, 6.07) is 7.46. The fourth-order valence-corrected chi connectivity index (χ4v) is 5.28. The van der Waals surface area contributed by atoms with E-state index in [4.69, 9.17) is 15.2 Å². The number of hydrogen-bond donors (Lipinski definition) is 1. The van der Waals surface area contributed by atoms with E-state index in [1.54, 1.807) is 17.0 Å². The predicted octanol–water partition coefficient (Wildman–Crippen LogP) is 5.28. The van der Waals surface area contributed by atoms with Crippen molar-refractivity contribution in [2.75, 3.05) is 18.9 Å². The molecule has 2 unspecified atom stereocenters. The molecule has 4 heterocycles. The van der Waals surface area contributed by atoms with Gasteiger partial charge in [0.15, 0.2) is 0 Å². The molecule has 0 saturated carbocycles. The second kappa shape index (κ2) is 9.90. The number of fused-ring (bicyclic) bond motifs is 3. The number of anilines is 1. The van der Waals surface area contributed by atoms with E-state index < -0.39 is 11.7 Å². The molecule has 1 saturated heterocycles. The molecule has 1 fully saturated rings. The van der Waals surface area contributed by atoms with Crippen molar-refractivity contribution in [3.63, 3.8) is 0 Å². The third-order valence-electron chi connectivity index (χ3n) is 7.48. The lowest BCUT2D eigenvalue weighted by atomic mass is 9.91. The Labute approximate surface area is 212 Å². The number of ether oxygens (including phenoxy) is 2. The fourth-order valence-electron chi connectivity index (χ4n) is 5.28. The standard InChI is InChI=1S/C27H29F3N4O3/c1-15(17-7-9-36-10-8-17)34(13-20-5-4-19(12-32-20)27(28,29)30)26(35)18-3-6-23-21(11-18)22-14-37-16(2)24(22)25(31)33-23/h3-6,11-12,15-17H,7-10,13-14H2,1-2H3,(H2,31,33). The number of amides is 1. The maximum atomic E-state index is 13.9. The summed E-state index contributed by atoms with van der Waals surface area (Å²) in [6.45, 7) is 5.60. The summed E-state index contributed by atoms with van der Waals surface area (Å²) in [5.41, 5.74) is 8.65. The Kier molecular flexibility index (Phi) is 6.80. The van der Waals surface area contributed by atoms with Crippen molar-refractivity contribution in [3.05, 3.63) is 64.5 Å². The zero-order valence-corrected chi connectivity index (χ0v) is 20.7. The van der Waals surface area contributed by atoms with Crippen LogP contribution in [0.4, 0.5) is 19.0 Å². The number of nitrogen functional groups attached to an aromatic ring is 1. The Balaban J connectivity index is 1.50. The quantitative estimate of drug-likeness (QED) is 0.498. The Morgan fingerprint density at radius 1 is 1.22 bits per heavy atom.